The highest BCUT2D eigenvalue weighted by atomic mass is 16.7. The molecule has 4 nitrogen and oxygen atoms in total. The van der Waals surface area contributed by atoms with Gasteiger partial charge in [-0.05, 0) is 19.1 Å². The Hall–Kier alpha value is -1.55. The van der Waals surface area contributed by atoms with Crippen molar-refractivity contribution in [3.8, 4) is 11.5 Å². The molecule has 1 aliphatic rings. The molecule has 0 aliphatic carbocycles. The van der Waals surface area contributed by atoms with Gasteiger partial charge in [-0.1, -0.05) is 0 Å². The van der Waals surface area contributed by atoms with Crippen molar-refractivity contribution < 1.29 is 19.0 Å². The fourth-order valence-corrected chi connectivity index (χ4v) is 1.83. The summed E-state index contributed by atoms with van der Waals surface area (Å²) in [6.07, 6.45) is 0.346. The second kappa shape index (κ2) is 4.53. The quantitative estimate of drug-likeness (QED) is 0.780. The van der Waals surface area contributed by atoms with Gasteiger partial charge in [0.25, 0.3) is 0 Å². The summed E-state index contributed by atoms with van der Waals surface area (Å²) < 4.78 is 15.8. The lowest BCUT2D eigenvalue weighted by atomic mass is 10.0. The van der Waals surface area contributed by atoms with E-state index in [0.717, 1.165) is 16.9 Å². The molecule has 4 heteroatoms. The summed E-state index contributed by atoms with van der Waals surface area (Å²) in [4.78, 5) is 11.2. The lowest BCUT2D eigenvalue weighted by Crippen LogP contribution is -2.15. The molecule has 0 bridgehead atoms. The third-order valence-electron chi connectivity index (χ3n) is 2.54. The fourth-order valence-electron chi connectivity index (χ4n) is 1.83. The molecule has 86 valence electrons. The molecule has 0 aromatic heterocycles. The summed E-state index contributed by atoms with van der Waals surface area (Å²) in [5.41, 5.74) is 1.79. The van der Waals surface area contributed by atoms with Crippen LogP contribution in [0, 0.1) is 0 Å². The third kappa shape index (κ3) is 2.02. The minimum atomic E-state index is 0.0947. The maximum absolute atomic E-state index is 11.2. The highest BCUT2D eigenvalue weighted by Crippen LogP contribution is 2.33. The standard InChI is InChI=1S/C12H14O4/c1-8(13)5-9-10-6-15-7-16-12(10)4-3-11(9)14-2/h3-4H,5-7H2,1-2H3. The average Bonchev–Trinajstić information content (AvgIpc) is 2.29. The van der Waals surface area contributed by atoms with Crippen LogP contribution in [0.25, 0.3) is 0 Å². The Labute approximate surface area is 94.1 Å². The summed E-state index contributed by atoms with van der Waals surface area (Å²) in [5.74, 6) is 1.59. The highest BCUT2D eigenvalue weighted by molar-refractivity contribution is 5.79. The molecule has 0 radical (unpaired) electrons. The molecule has 1 aromatic carbocycles. The molecule has 0 saturated carbocycles. The van der Waals surface area contributed by atoms with Crippen LogP contribution in [-0.4, -0.2) is 19.7 Å². The van der Waals surface area contributed by atoms with Crippen LogP contribution in [0.15, 0.2) is 12.1 Å². The van der Waals surface area contributed by atoms with Crippen LogP contribution >= 0.6 is 0 Å². The number of rotatable bonds is 3. The monoisotopic (exact) mass is 222 g/mol. The number of hydrogen-bond acceptors (Lipinski definition) is 4. The number of methoxy groups -OCH3 is 1. The Morgan fingerprint density at radius 3 is 3.00 bits per heavy atom. The average molecular weight is 222 g/mol. The molecule has 0 amide bonds. The van der Waals surface area contributed by atoms with E-state index in [0.29, 0.717) is 18.8 Å². The van der Waals surface area contributed by atoms with Gasteiger partial charge in [-0.15, -0.1) is 0 Å². The number of carbonyl (C=O) groups excluding carboxylic acids is 1. The van der Waals surface area contributed by atoms with E-state index in [-0.39, 0.29) is 12.6 Å². The fraction of sp³-hybridized carbons (Fsp3) is 0.417. The molecule has 16 heavy (non-hydrogen) atoms. The van der Waals surface area contributed by atoms with Crippen molar-refractivity contribution in [2.45, 2.75) is 20.0 Å². The van der Waals surface area contributed by atoms with Gasteiger partial charge in [0.05, 0.1) is 13.7 Å². The molecule has 1 heterocycles. The smallest absolute Gasteiger partial charge is 0.189 e. The largest absolute Gasteiger partial charge is 0.496 e. The first-order chi connectivity index (χ1) is 7.72. The predicted molar refractivity (Wildman–Crippen MR) is 57.7 cm³/mol. The van der Waals surface area contributed by atoms with E-state index in [1.807, 2.05) is 12.1 Å². The van der Waals surface area contributed by atoms with E-state index in [2.05, 4.69) is 0 Å². The minimum Gasteiger partial charge on any atom is -0.496 e. The maximum Gasteiger partial charge on any atom is 0.189 e. The Bertz CT molecular complexity index is 412. The Morgan fingerprint density at radius 1 is 1.50 bits per heavy atom. The van der Waals surface area contributed by atoms with Crippen molar-refractivity contribution in [3.05, 3.63) is 23.3 Å². The van der Waals surface area contributed by atoms with Crippen molar-refractivity contribution in [2.75, 3.05) is 13.9 Å². The molecule has 0 saturated heterocycles. The van der Waals surface area contributed by atoms with Gasteiger partial charge in [0.1, 0.15) is 17.3 Å². The number of ketones is 1. The van der Waals surface area contributed by atoms with E-state index in [1.54, 1.807) is 14.0 Å². The zero-order valence-electron chi connectivity index (χ0n) is 9.41. The van der Waals surface area contributed by atoms with Crippen LogP contribution in [0.3, 0.4) is 0 Å². The van der Waals surface area contributed by atoms with Crippen LogP contribution in [0.4, 0.5) is 0 Å². The SMILES string of the molecule is COc1ccc2c(c1CC(C)=O)COCO2. The summed E-state index contributed by atoms with van der Waals surface area (Å²) in [5, 5.41) is 0. The molecule has 0 unspecified atom stereocenters. The van der Waals surface area contributed by atoms with Gasteiger partial charge in [0, 0.05) is 17.5 Å². The lowest BCUT2D eigenvalue weighted by Gasteiger charge is -2.21. The van der Waals surface area contributed by atoms with Crippen LogP contribution in [0.2, 0.25) is 0 Å². The highest BCUT2D eigenvalue weighted by Gasteiger charge is 2.19. The van der Waals surface area contributed by atoms with Crippen LogP contribution < -0.4 is 9.47 Å². The Morgan fingerprint density at radius 2 is 2.31 bits per heavy atom. The number of benzene rings is 1. The predicted octanol–water partition coefficient (Wildman–Crippen LogP) is 1.69. The van der Waals surface area contributed by atoms with E-state index in [4.69, 9.17) is 14.2 Å². The zero-order valence-corrected chi connectivity index (χ0v) is 9.41. The summed E-state index contributed by atoms with van der Waals surface area (Å²) in [6, 6.07) is 3.67. The number of carbonyl (C=O) groups is 1. The first-order valence-electron chi connectivity index (χ1n) is 5.11. The van der Waals surface area contributed by atoms with Gasteiger partial charge in [-0.2, -0.15) is 0 Å². The minimum absolute atomic E-state index is 0.0947. The van der Waals surface area contributed by atoms with Gasteiger partial charge in [0.2, 0.25) is 0 Å². The van der Waals surface area contributed by atoms with E-state index < -0.39 is 0 Å². The van der Waals surface area contributed by atoms with Crippen LogP contribution in [-0.2, 0) is 22.6 Å². The molecule has 0 N–H and O–H groups in total. The first-order valence-corrected chi connectivity index (χ1v) is 5.11. The zero-order chi connectivity index (χ0) is 11.5. The molecular formula is C12H14O4. The van der Waals surface area contributed by atoms with Gasteiger partial charge < -0.3 is 14.2 Å². The Kier molecular flexibility index (Phi) is 3.10. The molecule has 0 spiro atoms. The molecule has 2 rings (SSSR count). The first kappa shape index (κ1) is 11.0. The number of Topliss-reactive ketones (excluding diaryl/α,β-unsaturated/α-hetero) is 1. The molecular weight excluding hydrogens is 208 g/mol. The van der Waals surface area contributed by atoms with E-state index >= 15 is 0 Å². The molecule has 1 aliphatic heterocycles. The summed E-state index contributed by atoms with van der Waals surface area (Å²) >= 11 is 0. The normalized spacial score (nSPS) is 13.9. The summed E-state index contributed by atoms with van der Waals surface area (Å²) in [7, 11) is 1.59. The number of ether oxygens (including phenoxy) is 3. The van der Waals surface area contributed by atoms with Gasteiger partial charge >= 0.3 is 0 Å². The molecule has 1 aromatic rings. The number of fused-ring (bicyclic) bond motifs is 1. The maximum atomic E-state index is 11.2. The summed E-state index contributed by atoms with van der Waals surface area (Å²) in [6.45, 7) is 2.29. The van der Waals surface area contributed by atoms with E-state index in [1.165, 1.54) is 0 Å². The third-order valence-corrected chi connectivity index (χ3v) is 2.54. The second-order valence-electron chi connectivity index (χ2n) is 3.71. The van der Waals surface area contributed by atoms with Crippen molar-refractivity contribution in [1.82, 2.24) is 0 Å². The van der Waals surface area contributed by atoms with Gasteiger partial charge in [0.15, 0.2) is 6.79 Å². The van der Waals surface area contributed by atoms with Crippen molar-refractivity contribution in [2.24, 2.45) is 0 Å². The molecule has 0 fully saturated rings. The van der Waals surface area contributed by atoms with Crippen LogP contribution in [0.1, 0.15) is 18.1 Å². The van der Waals surface area contributed by atoms with Crippen molar-refractivity contribution in [1.29, 1.82) is 0 Å². The van der Waals surface area contributed by atoms with Gasteiger partial charge in [-0.3, -0.25) is 4.79 Å². The second-order valence-corrected chi connectivity index (χ2v) is 3.71. The van der Waals surface area contributed by atoms with Crippen molar-refractivity contribution >= 4 is 5.78 Å². The van der Waals surface area contributed by atoms with Gasteiger partial charge in [-0.25, -0.2) is 0 Å². The lowest BCUT2D eigenvalue weighted by molar-refractivity contribution is -0.116. The van der Waals surface area contributed by atoms with E-state index in [9.17, 15) is 4.79 Å². The topological polar surface area (TPSA) is 44.8 Å². The Balaban J connectivity index is 2.47. The number of hydrogen-bond donors (Lipinski definition) is 0. The van der Waals surface area contributed by atoms with Crippen molar-refractivity contribution in [3.63, 3.8) is 0 Å². The molecule has 0 atom stereocenters. The van der Waals surface area contributed by atoms with Crippen LogP contribution in [0.5, 0.6) is 11.5 Å².